The molecule has 0 aromatic heterocycles. The Balaban J connectivity index is 2.22. The number of nitro groups is 1. The Morgan fingerprint density at radius 3 is 2.42 bits per heavy atom. The summed E-state index contributed by atoms with van der Waals surface area (Å²) >= 11 is 6.25. The van der Waals surface area contributed by atoms with Gasteiger partial charge in [-0.25, -0.2) is 0 Å². The smallest absolute Gasteiger partial charge is 0.269 e. The molecule has 136 valence electrons. The maximum atomic E-state index is 12.2. The van der Waals surface area contributed by atoms with Crippen LogP contribution in [0.5, 0.6) is 11.5 Å². The quantitative estimate of drug-likeness (QED) is 0.296. The van der Waals surface area contributed by atoms with Crippen LogP contribution >= 0.6 is 11.6 Å². The topological polar surface area (TPSA) is 78.7 Å². The fraction of sp³-hybridized carbons (Fsp3) is 0.211. The molecule has 7 heteroatoms. The van der Waals surface area contributed by atoms with Crippen LogP contribution in [0.2, 0.25) is 5.02 Å². The van der Waals surface area contributed by atoms with E-state index in [9.17, 15) is 14.9 Å². The molecule has 2 rings (SSSR count). The number of carbonyl (C=O) groups is 1. The van der Waals surface area contributed by atoms with Crippen molar-refractivity contribution in [2.75, 3.05) is 7.11 Å². The van der Waals surface area contributed by atoms with Gasteiger partial charge in [0.25, 0.3) is 5.69 Å². The second kappa shape index (κ2) is 8.49. The average Bonchev–Trinajstić information content (AvgIpc) is 2.61. The van der Waals surface area contributed by atoms with Crippen molar-refractivity contribution in [3.05, 3.63) is 68.7 Å². The van der Waals surface area contributed by atoms with Crippen LogP contribution in [0.4, 0.5) is 5.69 Å². The lowest BCUT2D eigenvalue weighted by molar-refractivity contribution is -0.384. The molecule has 0 N–H and O–H groups in total. The van der Waals surface area contributed by atoms with E-state index in [0.29, 0.717) is 27.6 Å². The Bertz CT molecular complexity index is 844. The van der Waals surface area contributed by atoms with Crippen LogP contribution in [0.15, 0.2) is 42.5 Å². The van der Waals surface area contributed by atoms with Crippen molar-refractivity contribution in [1.29, 1.82) is 0 Å². The third-order valence-corrected chi connectivity index (χ3v) is 3.68. The van der Waals surface area contributed by atoms with E-state index in [1.807, 2.05) is 13.8 Å². The lowest BCUT2D eigenvalue weighted by Gasteiger charge is -2.15. The predicted molar refractivity (Wildman–Crippen MR) is 100 cm³/mol. The summed E-state index contributed by atoms with van der Waals surface area (Å²) in [5.41, 5.74) is 0.950. The molecule has 2 aromatic rings. The molecule has 0 atom stereocenters. The molecule has 2 aromatic carbocycles. The van der Waals surface area contributed by atoms with Gasteiger partial charge in [-0.2, -0.15) is 0 Å². The van der Waals surface area contributed by atoms with Gasteiger partial charge in [-0.05, 0) is 49.8 Å². The number of rotatable bonds is 7. The summed E-state index contributed by atoms with van der Waals surface area (Å²) in [5, 5.41) is 11.0. The van der Waals surface area contributed by atoms with Crippen molar-refractivity contribution >= 4 is 29.1 Å². The number of ketones is 1. The van der Waals surface area contributed by atoms with E-state index in [2.05, 4.69) is 0 Å². The van der Waals surface area contributed by atoms with Crippen molar-refractivity contribution < 1.29 is 19.2 Å². The molecule has 0 aliphatic rings. The van der Waals surface area contributed by atoms with Gasteiger partial charge in [-0.1, -0.05) is 17.7 Å². The van der Waals surface area contributed by atoms with E-state index in [1.54, 1.807) is 18.2 Å². The van der Waals surface area contributed by atoms with Crippen LogP contribution < -0.4 is 9.47 Å². The highest BCUT2D eigenvalue weighted by molar-refractivity contribution is 6.32. The summed E-state index contributed by atoms with van der Waals surface area (Å²) in [6.45, 7) is 3.76. The number of allylic oxidation sites excluding steroid dienone is 1. The molecular weight excluding hydrogens is 358 g/mol. The summed E-state index contributed by atoms with van der Waals surface area (Å²) < 4.78 is 10.9. The number of nitro benzene ring substituents is 1. The molecular formula is C19H18ClNO5. The van der Waals surface area contributed by atoms with E-state index in [0.717, 1.165) is 0 Å². The Kier molecular flexibility index (Phi) is 6.36. The molecule has 0 saturated heterocycles. The van der Waals surface area contributed by atoms with Gasteiger partial charge < -0.3 is 9.47 Å². The van der Waals surface area contributed by atoms with Gasteiger partial charge in [0.1, 0.15) is 0 Å². The van der Waals surface area contributed by atoms with Crippen molar-refractivity contribution in [2.24, 2.45) is 0 Å². The minimum atomic E-state index is -0.515. The number of hydrogen-bond donors (Lipinski definition) is 0. The van der Waals surface area contributed by atoms with Crippen molar-refractivity contribution in [3.63, 3.8) is 0 Å². The van der Waals surface area contributed by atoms with Crippen molar-refractivity contribution in [3.8, 4) is 11.5 Å². The third kappa shape index (κ3) is 4.83. The van der Waals surface area contributed by atoms with E-state index >= 15 is 0 Å². The molecule has 26 heavy (non-hydrogen) atoms. The zero-order valence-electron chi connectivity index (χ0n) is 14.6. The minimum Gasteiger partial charge on any atom is -0.493 e. The van der Waals surface area contributed by atoms with Crippen molar-refractivity contribution in [2.45, 2.75) is 20.0 Å². The van der Waals surface area contributed by atoms with E-state index in [1.165, 1.54) is 37.5 Å². The highest BCUT2D eigenvalue weighted by Crippen LogP contribution is 2.37. The first-order valence-corrected chi connectivity index (χ1v) is 8.20. The molecule has 0 amide bonds. The second-order valence-electron chi connectivity index (χ2n) is 5.70. The van der Waals surface area contributed by atoms with Gasteiger partial charge in [0.15, 0.2) is 17.3 Å². The Labute approximate surface area is 156 Å². The maximum absolute atomic E-state index is 12.2. The number of benzene rings is 2. The first kappa shape index (κ1) is 19.5. The summed E-state index contributed by atoms with van der Waals surface area (Å²) in [4.78, 5) is 22.3. The zero-order chi connectivity index (χ0) is 19.3. The van der Waals surface area contributed by atoms with E-state index in [-0.39, 0.29) is 17.6 Å². The molecule has 0 spiro atoms. The first-order chi connectivity index (χ1) is 12.3. The molecule has 0 fully saturated rings. The van der Waals surface area contributed by atoms with Crippen molar-refractivity contribution in [1.82, 2.24) is 0 Å². The van der Waals surface area contributed by atoms with Gasteiger partial charge in [0.2, 0.25) is 0 Å². The standard InChI is InChI=1S/C19H18ClNO5/c1-12(2)26-19-16(20)10-13(11-18(19)25-3)4-9-17(22)14-5-7-15(8-6-14)21(23)24/h4-12H,1-3H3/b9-4+. The number of methoxy groups -OCH3 is 1. The lowest BCUT2D eigenvalue weighted by atomic mass is 10.1. The third-order valence-electron chi connectivity index (χ3n) is 3.40. The van der Waals surface area contributed by atoms with E-state index < -0.39 is 4.92 Å². The van der Waals surface area contributed by atoms with Gasteiger partial charge >= 0.3 is 0 Å². The number of halogens is 1. The largest absolute Gasteiger partial charge is 0.493 e. The first-order valence-electron chi connectivity index (χ1n) is 7.83. The SMILES string of the molecule is COc1cc(/C=C/C(=O)c2ccc([N+](=O)[O-])cc2)cc(Cl)c1OC(C)C. The highest BCUT2D eigenvalue weighted by atomic mass is 35.5. The van der Waals surface area contributed by atoms with Gasteiger partial charge in [-0.3, -0.25) is 14.9 Å². The minimum absolute atomic E-state index is 0.0634. The normalized spacial score (nSPS) is 11.0. The number of carbonyl (C=O) groups excluding carboxylic acids is 1. The molecule has 0 aliphatic carbocycles. The van der Waals surface area contributed by atoms with Gasteiger partial charge in [0.05, 0.1) is 23.2 Å². The van der Waals surface area contributed by atoms with Crippen LogP contribution in [-0.2, 0) is 0 Å². The molecule has 0 saturated carbocycles. The molecule has 0 heterocycles. The Morgan fingerprint density at radius 2 is 1.88 bits per heavy atom. The van der Waals surface area contributed by atoms with Crippen LogP contribution in [-0.4, -0.2) is 23.9 Å². The number of ether oxygens (including phenoxy) is 2. The van der Waals surface area contributed by atoms with Gasteiger partial charge in [0, 0.05) is 17.7 Å². The number of hydrogen-bond acceptors (Lipinski definition) is 5. The van der Waals surface area contributed by atoms with Crippen LogP contribution in [0.1, 0.15) is 29.8 Å². The Morgan fingerprint density at radius 1 is 1.23 bits per heavy atom. The molecule has 0 aliphatic heterocycles. The predicted octanol–water partition coefficient (Wildman–Crippen LogP) is 4.94. The summed E-state index contributed by atoms with van der Waals surface area (Å²) in [6.07, 6.45) is 2.90. The fourth-order valence-corrected chi connectivity index (χ4v) is 2.47. The molecule has 0 unspecified atom stereocenters. The van der Waals surface area contributed by atoms with Gasteiger partial charge in [-0.15, -0.1) is 0 Å². The fourth-order valence-electron chi connectivity index (χ4n) is 2.20. The molecule has 0 bridgehead atoms. The highest BCUT2D eigenvalue weighted by Gasteiger charge is 2.13. The van der Waals surface area contributed by atoms with Crippen LogP contribution in [0.25, 0.3) is 6.08 Å². The van der Waals surface area contributed by atoms with E-state index in [4.69, 9.17) is 21.1 Å². The van der Waals surface area contributed by atoms with Crippen LogP contribution in [0, 0.1) is 10.1 Å². The second-order valence-corrected chi connectivity index (χ2v) is 6.11. The monoisotopic (exact) mass is 375 g/mol. The maximum Gasteiger partial charge on any atom is 0.269 e. The Hall–Kier alpha value is -2.86. The molecule has 6 nitrogen and oxygen atoms in total. The molecule has 0 radical (unpaired) electrons. The number of non-ortho nitro benzene ring substituents is 1. The summed E-state index contributed by atoms with van der Waals surface area (Å²) in [5.74, 6) is 0.633. The number of nitrogens with zero attached hydrogens (tertiary/aromatic N) is 1. The summed E-state index contributed by atoms with van der Waals surface area (Å²) in [6, 6.07) is 8.79. The lowest BCUT2D eigenvalue weighted by Crippen LogP contribution is -2.07. The zero-order valence-corrected chi connectivity index (χ0v) is 15.3. The van der Waals surface area contributed by atoms with Crippen LogP contribution in [0.3, 0.4) is 0 Å². The average molecular weight is 376 g/mol. The summed E-state index contributed by atoms with van der Waals surface area (Å²) in [7, 11) is 1.51.